The number of benzene rings is 1. The van der Waals surface area contributed by atoms with E-state index in [-0.39, 0.29) is 13.2 Å². The molecule has 1 aliphatic heterocycles. The first-order valence-corrected chi connectivity index (χ1v) is 18.6. The van der Waals surface area contributed by atoms with Gasteiger partial charge in [0, 0.05) is 48.6 Å². The van der Waals surface area contributed by atoms with Gasteiger partial charge in [-0.1, -0.05) is 86.9 Å². The number of Topliss-reactive ketones (excluding diaryl/α,β-unsaturated/α-hetero) is 1. The summed E-state index contributed by atoms with van der Waals surface area (Å²) in [7, 11) is 2.10. The fraction of sp³-hybridized carbons (Fsp3) is 0.629. The van der Waals surface area contributed by atoms with Gasteiger partial charge >= 0.3 is 0 Å². The number of hydrogen-bond donors (Lipinski definition) is 0. The quantitative estimate of drug-likeness (QED) is 0.203. The molecule has 4 rings (SSSR count). The Balaban J connectivity index is -0.000000219. The molecule has 0 bridgehead atoms. The Kier molecular flexibility index (Phi) is 48.0. The van der Waals surface area contributed by atoms with Crippen LogP contribution < -0.4 is 0 Å². The van der Waals surface area contributed by atoms with Gasteiger partial charge in [0.1, 0.15) is 12.0 Å². The molecule has 1 aliphatic rings. The molecule has 0 spiro atoms. The average Bonchev–Trinajstić information content (AvgIpc) is 3.85. The highest BCUT2D eigenvalue weighted by Crippen LogP contribution is 2.06. The van der Waals surface area contributed by atoms with Crippen molar-refractivity contribution in [1.82, 2.24) is 19.8 Å². The predicted octanol–water partition coefficient (Wildman–Crippen LogP) is 10.8. The molecule has 0 aliphatic carbocycles. The highest BCUT2D eigenvalue weighted by atomic mass is 79.9. The van der Waals surface area contributed by atoms with Gasteiger partial charge in [-0.2, -0.15) is 0 Å². The van der Waals surface area contributed by atoms with Crippen LogP contribution >= 0.6 is 50.5 Å². The number of carbonyl (C=O) groups excluding carboxylic acids is 1. The summed E-state index contributed by atoms with van der Waals surface area (Å²) in [4.78, 5) is 22.2. The fourth-order valence-corrected chi connectivity index (χ4v) is 4.08. The molecule has 0 saturated carbocycles. The minimum Gasteiger partial charge on any atom is -0.449 e. The summed E-state index contributed by atoms with van der Waals surface area (Å²) in [5.74, 6) is 2.55. The Labute approximate surface area is 299 Å². The number of aromatic nitrogens is 2. The second-order valence-electron chi connectivity index (χ2n) is 9.53. The van der Waals surface area contributed by atoms with Gasteiger partial charge in [0.2, 0.25) is 0 Å². The van der Waals surface area contributed by atoms with Crippen molar-refractivity contribution in [3.8, 4) is 0 Å². The van der Waals surface area contributed by atoms with Crippen LogP contribution in [0.15, 0.2) is 64.9 Å². The van der Waals surface area contributed by atoms with Gasteiger partial charge in [0.05, 0.1) is 11.2 Å². The lowest BCUT2D eigenvalue weighted by Gasteiger charge is -2.11. The molecular weight excluding hydrogens is 691 g/mol. The van der Waals surface area contributed by atoms with Crippen LogP contribution in [0.4, 0.5) is 0 Å². The van der Waals surface area contributed by atoms with Crippen molar-refractivity contribution in [3.63, 3.8) is 0 Å². The molecule has 10 heteroatoms. The number of halogens is 3. The van der Waals surface area contributed by atoms with E-state index in [2.05, 4.69) is 56.6 Å². The molecule has 0 atom stereocenters. The van der Waals surface area contributed by atoms with Crippen LogP contribution in [-0.4, -0.2) is 82.4 Å². The van der Waals surface area contributed by atoms with Crippen molar-refractivity contribution in [2.75, 3.05) is 56.9 Å². The minimum atomic E-state index is 0. The summed E-state index contributed by atoms with van der Waals surface area (Å²) in [5, 5.41) is 4.26. The number of hydrogen-bond acceptors (Lipinski definition) is 7. The standard InChI is InChI=1S/C6H12ClN.C6H14ClN.C6H6.C4H9Br.C4H5NO.C4H5NS.C4H8O.CH4/c7-3-6-8-4-1-2-5-8;1-3-8(2)6-4-5-7;1-2-4-6-5-3-1;1-2-3-4-5;2*1-4-5-2-3-6-4;1-3-4(2)5;/h1-6H2;3-6H2,1-2H3;1-6H;2-4H2,1H3;2*2-3H,1H3;3H2,1-2H3;1H4. The maximum Gasteiger partial charge on any atom is 0.190 e. The van der Waals surface area contributed by atoms with Crippen LogP contribution in [-0.2, 0) is 4.79 Å². The average molecular weight is 755 g/mol. The molecule has 6 nitrogen and oxygen atoms in total. The molecule has 262 valence electrons. The Morgan fingerprint density at radius 1 is 0.978 bits per heavy atom. The van der Waals surface area contributed by atoms with Crippen LogP contribution in [0.3, 0.4) is 0 Å². The molecule has 3 aromatic rings. The number of rotatable bonds is 9. The zero-order valence-corrected chi connectivity index (χ0v) is 32.2. The van der Waals surface area contributed by atoms with Crippen LogP contribution in [0.2, 0.25) is 0 Å². The molecule has 2 aromatic heterocycles. The van der Waals surface area contributed by atoms with Crippen molar-refractivity contribution in [2.24, 2.45) is 0 Å². The summed E-state index contributed by atoms with van der Waals surface area (Å²) in [6.07, 6.45) is 12.1. The largest absolute Gasteiger partial charge is 0.449 e. The zero-order valence-electron chi connectivity index (χ0n) is 28.3. The topological polar surface area (TPSA) is 62.5 Å². The number of aryl methyl sites for hydroxylation is 2. The van der Waals surface area contributed by atoms with Crippen LogP contribution in [0.1, 0.15) is 84.5 Å². The molecule has 3 heterocycles. The summed E-state index contributed by atoms with van der Waals surface area (Å²) < 4.78 is 4.72. The van der Waals surface area contributed by atoms with E-state index in [9.17, 15) is 4.79 Å². The summed E-state index contributed by atoms with van der Waals surface area (Å²) in [5.41, 5.74) is 0. The number of carbonyl (C=O) groups is 1. The lowest BCUT2D eigenvalue weighted by atomic mass is 10.4. The molecule has 0 N–H and O–H groups in total. The van der Waals surface area contributed by atoms with E-state index in [1.807, 2.05) is 55.6 Å². The van der Waals surface area contributed by atoms with Crippen molar-refractivity contribution < 1.29 is 9.21 Å². The Hall–Kier alpha value is -1.29. The molecule has 45 heavy (non-hydrogen) atoms. The SMILES string of the molecule is C.CCC(C)=O.CCCCBr.CCN(C)CCCCl.Cc1ncco1.Cc1nccs1.ClCCN1CCCC1.c1ccccc1. The Bertz CT molecular complexity index is 826. The van der Waals surface area contributed by atoms with E-state index in [0.29, 0.717) is 6.42 Å². The highest BCUT2D eigenvalue weighted by molar-refractivity contribution is 9.09. The first-order valence-electron chi connectivity index (χ1n) is 15.5. The van der Waals surface area contributed by atoms with Gasteiger partial charge in [0.25, 0.3) is 0 Å². The lowest BCUT2D eigenvalue weighted by molar-refractivity contribution is -0.116. The lowest BCUT2D eigenvalue weighted by Crippen LogP contribution is -2.21. The molecule has 0 radical (unpaired) electrons. The van der Waals surface area contributed by atoms with Crippen LogP contribution in [0.25, 0.3) is 0 Å². The third kappa shape index (κ3) is 47.2. The number of likely N-dealkylation sites (tertiary alicyclic amines) is 1. The Morgan fingerprint density at radius 3 is 1.76 bits per heavy atom. The van der Waals surface area contributed by atoms with E-state index in [0.717, 1.165) is 54.0 Å². The van der Waals surface area contributed by atoms with Crippen molar-refractivity contribution >= 4 is 56.3 Å². The first kappa shape index (κ1) is 50.6. The van der Waals surface area contributed by atoms with Gasteiger partial charge in [-0.05, 0) is 72.8 Å². The third-order valence-electron chi connectivity index (χ3n) is 5.58. The summed E-state index contributed by atoms with van der Waals surface area (Å²) >= 11 is 16.0. The highest BCUT2D eigenvalue weighted by Gasteiger charge is 2.08. The van der Waals surface area contributed by atoms with Gasteiger partial charge in [-0.25, -0.2) is 4.98 Å². The fourth-order valence-electron chi connectivity index (χ4n) is 2.72. The molecule has 1 saturated heterocycles. The smallest absolute Gasteiger partial charge is 0.190 e. The monoisotopic (exact) mass is 752 g/mol. The van der Waals surface area contributed by atoms with Crippen LogP contribution in [0.5, 0.6) is 0 Å². The maximum atomic E-state index is 9.81. The summed E-state index contributed by atoms with van der Waals surface area (Å²) in [6.45, 7) is 17.4. The van der Waals surface area contributed by atoms with Gasteiger partial charge < -0.3 is 19.0 Å². The molecule has 1 aromatic carbocycles. The number of unbranched alkanes of at least 4 members (excludes halogenated alkanes) is 1. The molecule has 0 amide bonds. The minimum absolute atomic E-state index is 0. The van der Waals surface area contributed by atoms with E-state index in [1.165, 1.54) is 38.8 Å². The van der Waals surface area contributed by atoms with Crippen LogP contribution in [0, 0.1) is 13.8 Å². The maximum absolute atomic E-state index is 9.81. The number of thiazole rings is 1. The van der Waals surface area contributed by atoms with E-state index >= 15 is 0 Å². The van der Waals surface area contributed by atoms with Crippen molar-refractivity contribution in [2.45, 2.75) is 87.5 Å². The van der Waals surface area contributed by atoms with Gasteiger partial charge in [0.15, 0.2) is 5.89 Å². The van der Waals surface area contributed by atoms with Gasteiger partial charge in [-0.15, -0.1) is 34.5 Å². The third-order valence-corrected chi connectivity index (χ3v) is 7.28. The number of ketones is 1. The van der Waals surface area contributed by atoms with E-state index in [4.69, 9.17) is 27.6 Å². The molecular formula is C35H63BrCl2N4O2S. The number of oxazole rings is 1. The second kappa shape index (κ2) is 42.7. The molecule has 0 unspecified atom stereocenters. The number of nitrogens with zero attached hydrogens (tertiary/aromatic N) is 4. The molecule has 1 fully saturated rings. The van der Waals surface area contributed by atoms with E-state index in [1.54, 1.807) is 43.8 Å². The number of alkyl halides is 3. The van der Waals surface area contributed by atoms with Crippen molar-refractivity contribution in [1.29, 1.82) is 0 Å². The normalized spacial score (nSPS) is 11.0. The Morgan fingerprint density at radius 2 is 1.53 bits per heavy atom. The summed E-state index contributed by atoms with van der Waals surface area (Å²) in [6, 6.07) is 12.0. The predicted molar refractivity (Wildman–Crippen MR) is 206 cm³/mol. The second-order valence-corrected chi connectivity index (χ2v) is 12.2. The first-order chi connectivity index (χ1) is 21.2. The zero-order chi connectivity index (χ0) is 33.7. The van der Waals surface area contributed by atoms with E-state index < -0.39 is 0 Å². The van der Waals surface area contributed by atoms with Crippen molar-refractivity contribution in [3.05, 3.63) is 71.3 Å². The van der Waals surface area contributed by atoms with Gasteiger partial charge in [-0.3, -0.25) is 4.98 Å².